The van der Waals surface area contributed by atoms with Gasteiger partial charge in [-0.05, 0) is 51.3 Å². The maximum Gasteiger partial charge on any atom is 0.361 e. The van der Waals surface area contributed by atoms with Gasteiger partial charge < -0.3 is 15.4 Å². The molecule has 0 atom stereocenters. The van der Waals surface area contributed by atoms with E-state index in [0.717, 1.165) is 5.69 Å². The maximum atomic E-state index is 12.3. The zero-order valence-electron chi connectivity index (χ0n) is 13.0. The number of fused-ring (bicyclic) bond motifs is 1. The van der Waals surface area contributed by atoms with Gasteiger partial charge in [0.1, 0.15) is 6.20 Å². The molecule has 11 heteroatoms. The van der Waals surface area contributed by atoms with Gasteiger partial charge in [-0.3, -0.25) is 15.6 Å². The topological polar surface area (TPSA) is 114 Å². The number of anilines is 1. The van der Waals surface area contributed by atoms with E-state index in [9.17, 15) is 14.9 Å². The second-order valence-electron chi connectivity index (χ2n) is 5.02. The number of thiocarbonyl (C=S) groups is 1. The second kappa shape index (κ2) is 7.45. The zero-order chi connectivity index (χ0) is 18.7. The summed E-state index contributed by atoms with van der Waals surface area (Å²) >= 11 is 8.30. The smallest absolute Gasteiger partial charge is 0.358 e. The Morgan fingerprint density at radius 2 is 1.92 bits per heavy atom. The summed E-state index contributed by atoms with van der Waals surface area (Å²) in [6.45, 7) is 0. The molecule has 2 heterocycles. The van der Waals surface area contributed by atoms with Crippen LogP contribution in [-0.4, -0.2) is 25.3 Å². The highest BCUT2D eigenvalue weighted by Gasteiger charge is 2.28. The van der Waals surface area contributed by atoms with Gasteiger partial charge in [0.15, 0.2) is 5.11 Å². The molecule has 1 amide bonds. The van der Waals surface area contributed by atoms with Crippen molar-refractivity contribution in [2.45, 2.75) is 0 Å². The lowest BCUT2D eigenvalue weighted by Gasteiger charge is -2.10. The van der Waals surface area contributed by atoms with E-state index in [2.05, 4.69) is 37.1 Å². The van der Waals surface area contributed by atoms with Crippen LogP contribution in [0.15, 0.2) is 53.1 Å². The van der Waals surface area contributed by atoms with Crippen molar-refractivity contribution in [3.8, 4) is 0 Å². The van der Waals surface area contributed by atoms with Crippen molar-refractivity contribution in [1.82, 2.24) is 20.2 Å². The van der Waals surface area contributed by atoms with Gasteiger partial charge in [-0.2, -0.15) is 9.38 Å². The Hall–Kier alpha value is -3.05. The van der Waals surface area contributed by atoms with Crippen LogP contribution in [0.25, 0.3) is 5.65 Å². The van der Waals surface area contributed by atoms with E-state index in [1.165, 1.54) is 10.6 Å². The van der Waals surface area contributed by atoms with Gasteiger partial charge in [0.25, 0.3) is 5.91 Å². The van der Waals surface area contributed by atoms with Crippen LogP contribution in [0, 0.1) is 10.1 Å². The van der Waals surface area contributed by atoms with Gasteiger partial charge in [0.2, 0.25) is 11.3 Å². The van der Waals surface area contributed by atoms with Gasteiger partial charge in [0, 0.05) is 11.8 Å². The Balaban J connectivity index is 1.76. The lowest BCUT2D eigenvalue weighted by molar-refractivity contribution is -0.390. The van der Waals surface area contributed by atoms with E-state index in [1.54, 1.807) is 24.3 Å². The standard InChI is InChI=1S/C15H11BrN6O3S/c16-9-6-7-11-18-12(14(22(24)25)21(11)8-9)13(23)19-20-15(26)17-10-4-2-1-3-5-10/h1-8H,(H,19,23)(H2,17,20,26). The minimum absolute atomic E-state index is 0.124. The number of hydrazine groups is 1. The molecule has 3 rings (SSSR count). The number of pyridine rings is 1. The number of nitrogens with one attached hydrogen (secondary N) is 3. The molecule has 0 saturated heterocycles. The Morgan fingerprint density at radius 3 is 2.62 bits per heavy atom. The van der Waals surface area contributed by atoms with Crippen molar-refractivity contribution in [3.63, 3.8) is 0 Å². The molecule has 0 aliphatic rings. The van der Waals surface area contributed by atoms with E-state index in [1.807, 2.05) is 18.2 Å². The number of hydrogen-bond donors (Lipinski definition) is 3. The molecular weight excluding hydrogens is 424 g/mol. The third kappa shape index (κ3) is 3.78. The largest absolute Gasteiger partial charge is 0.361 e. The molecule has 0 bridgehead atoms. The minimum Gasteiger partial charge on any atom is -0.358 e. The molecule has 0 aliphatic carbocycles. The minimum atomic E-state index is -0.784. The van der Waals surface area contributed by atoms with Crippen LogP contribution in [-0.2, 0) is 0 Å². The van der Waals surface area contributed by atoms with Crippen LogP contribution < -0.4 is 16.2 Å². The number of benzene rings is 1. The van der Waals surface area contributed by atoms with E-state index in [-0.39, 0.29) is 16.5 Å². The van der Waals surface area contributed by atoms with Crippen LogP contribution in [0.3, 0.4) is 0 Å². The Labute approximate surface area is 160 Å². The molecule has 0 spiro atoms. The van der Waals surface area contributed by atoms with Crippen molar-refractivity contribution in [2.75, 3.05) is 5.32 Å². The van der Waals surface area contributed by atoms with E-state index < -0.39 is 16.6 Å². The average Bonchev–Trinajstić information content (AvgIpc) is 2.99. The van der Waals surface area contributed by atoms with Crippen molar-refractivity contribution in [1.29, 1.82) is 0 Å². The molecule has 3 N–H and O–H groups in total. The predicted molar refractivity (Wildman–Crippen MR) is 103 cm³/mol. The monoisotopic (exact) mass is 434 g/mol. The highest BCUT2D eigenvalue weighted by molar-refractivity contribution is 9.10. The van der Waals surface area contributed by atoms with E-state index in [4.69, 9.17) is 12.2 Å². The van der Waals surface area contributed by atoms with Crippen LogP contribution >= 0.6 is 28.1 Å². The summed E-state index contributed by atoms with van der Waals surface area (Å²) in [7, 11) is 0. The number of rotatable bonds is 3. The number of amides is 1. The first kappa shape index (κ1) is 17.8. The van der Waals surface area contributed by atoms with Crippen LogP contribution in [0.5, 0.6) is 0 Å². The molecule has 26 heavy (non-hydrogen) atoms. The molecule has 2 aromatic heterocycles. The Morgan fingerprint density at radius 1 is 1.19 bits per heavy atom. The van der Waals surface area contributed by atoms with E-state index >= 15 is 0 Å². The fraction of sp³-hybridized carbons (Fsp3) is 0. The highest BCUT2D eigenvalue weighted by Crippen LogP contribution is 2.22. The molecule has 0 fully saturated rings. The third-order valence-corrected chi connectivity index (χ3v) is 3.94. The molecule has 3 aromatic rings. The van der Waals surface area contributed by atoms with Gasteiger partial charge in [0.05, 0.1) is 4.47 Å². The van der Waals surface area contributed by atoms with Crippen molar-refractivity contribution < 1.29 is 9.72 Å². The number of aromatic nitrogens is 2. The summed E-state index contributed by atoms with van der Waals surface area (Å²) in [5.74, 6) is -1.23. The number of para-hydroxylation sites is 1. The molecule has 9 nitrogen and oxygen atoms in total. The van der Waals surface area contributed by atoms with Crippen LogP contribution in [0.1, 0.15) is 10.5 Å². The highest BCUT2D eigenvalue weighted by atomic mass is 79.9. The normalized spacial score (nSPS) is 10.3. The Kier molecular flexibility index (Phi) is 5.09. The van der Waals surface area contributed by atoms with Crippen molar-refractivity contribution in [2.24, 2.45) is 0 Å². The second-order valence-corrected chi connectivity index (χ2v) is 6.34. The fourth-order valence-electron chi connectivity index (χ4n) is 2.19. The lowest BCUT2D eigenvalue weighted by atomic mass is 10.3. The summed E-state index contributed by atoms with van der Waals surface area (Å²) < 4.78 is 1.84. The number of carbonyl (C=O) groups excluding carboxylic acids is 1. The Bertz CT molecular complexity index is 1010. The first-order valence-electron chi connectivity index (χ1n) is 7.20. The fourth-order valence-corrected chi connectivity index (χ4v) is 2.70. The van der Waals surface area contributed by atoms with Crippen molar-refractivity contribution in [3.05, 3.63) is 68.9 Å². The van der Waals surface area contributed by atoms with Gasteiger partial charge in [-0.15, -0.1) is 0 Å². The molecule has 0 radical (unpaired) electrons. The number of nitro groups is 1. The number of nitrogens with zero attached hydrogens (tertiary/aromatic N) is 3. The van der Waals surface area contributed by atoms with Gasteiger partial charge in [-0.1, -0.05) is 18.2 Å². The lowest BCUT2D eigenvalue weighted by Crippen LogP contribution is -2.44. The first-order chi connectivity index (χ1) is 12.5. The van der Waals surface area contributed by atoms with Crippen LogP contribution in [0.2, 0.25) is 0 Å². The molecule has 0 saturated carbocycles. The molecule has 132 valence electrons. The van der Waals surface area contributed by atoms with Crippen LogP contribution in [0.4, 0.5) is 11.5 Å². The SMILES string of the molecule is O=C(NNC(=S)Nc1ccccc1)c1nc2ccc(Br)cn2c1[N+](=O)[O-]. The first-order valence-corrected chi connectivity index (χ1v) is 8.40. The molecule has 0 unspecified atom stereocenters. The van der Waals surface area contributed by atoms with Crippen molar-refractivity contribution >= 4 is 56.3 Å². The summed E-state index contributed by atoms with van der Waals surface area (Å²) in [6.07, 6.45) is 1.46. The molecule has 0 aliphatic heterocycles. The number of halogens is 1. The molecular formula is C15H11BrN6O3S. The van der Waals surface area contributed by atoms with E-state index in [0.29, 0.717) is 4.47 Å². The summed E-state index contributed by atoms with van der Waals surface area (Å²) in [5, 5.41) is 14.4. The predicted octanol–water partition coefficient (Wildman–Crippen LogP) is 2.64. The quantitative estimate of drug-likeness (QED) is 0.329. The summed E-state index contributed by atoms with van der Waals surface area (Å²) in [5.41, 5.74) is 5.46. The zero-order valence-corrected chi connectivity index (χ0v) is 15.4. The summed E-state index contributed by atoms with van der Waals surface area (Å²) in [6, 6.07) is 12.3. The average molecular weight is 435 g/mol. The third-order valence-electron chi connectivity index (χ3n) is 3.27. The number of hydrogen-bond acceptors (Lipinski definition) is 5. The van der Waals surface area contributed by atoms with Gasteiger partial charge >= 0.3 is 5.82 Å². The number of imidazole rings is 1. The number of carbonyl (C=O) groups is 1. The van der Waals surface area contributed by atoms with Gasteiger partial charge in [-0.25, -0.2) is 0 Å². The maximum absolute atomic E-state index is 12.3. The summed E-state index contributed by atoms with van der Waals surface area (Å²) in [4.78, 5) is 27.1. The molecule has 1 aromatic carbocycles.